The molecule has 1 aromatic heterocycles. The third-order valence-electron chi connectivity index (χ3n) is 4.22. The zero-order chi connectivity index (χ0) is 16.8. The Morgan fingerprint density at radius 2 is 1.83 bits per heavy atom. The van der Waals surface area contributed by atoms with Gasteiger partial charge in [-0.15, -0.1) is 0 Å². The van der Waals surface area contributed by atoms with E-state index in [9.17, 15) is 4.79 Å². The van der Waals surface area contributed by atoms with Gasteiger partial charge in [-0.1, -0.05) is 25.1 Å². The summed E-state index contributed by atoms with van der Waals surface area (Å²) < 4.78 is 5.35. The van der Waals surface area contributed by atoms with Crippen molar-refractivity contribution in [2.45, 2.75) is 19.9 Å². The van der Waals surface area contributed by atoms with Gasteiger partial charge in [-0.2, -0.15) is 0 Å². The van der Waals surface area contributed by atoms with E-state index in [4.69, 9.17) is 4.74 Å². The fourth-order valence-electron chi connectivity index (χ4n) is 2.68. The molecule has 24 heavy (non-hydrogen) atoms. The SMILES string of the molecule is CCc1ccc(C(=O)NCc2ccc(N3CCOCC3)nc2)cc1. The molecule has 0 atom stereocenters. The van der Waals surface area contributed by atoms with Crippen molar-refractivity contribution < 1.29 is 9.53 Å². The van der Waals surface area contributed by atoms with Crippen molar-refractivity contribution in [3.8, 4) is 0 Å². The van der Waals surface area contributed by atoms with Crippen molar-refractivity contribution in [1.29, 1.82) is 0 Å². The summed E-state index contributed by atoms with van der Waals surface area (Å²) in [5.41, 5.74) is 2.91. The highest BCUT2D eigenvalue weighted by Gasteiger charge is 2.12. The molecular formula is C19H23N3O2. The monoisotopic (exact) mass is 325 g/mol. The van der Waals surface area contributed by atoms with Crippen molar-refractivity contribution in [2.24, 2.45) is 0 Å². The molecule has 0 unspecified atom stereocenters. The fourth-order valence-corrected chi connectivity index (χ4v) is 2.68. The van der Waals surface area contributed by atoms with Gasteiger partial charge in [0.2, 0.25) is 0 Å². The summed E-state index contributed by atoms with van der Waals surface area (Å²) in [5.74, 6) is 0.901. The molecule has 1 aromatic carbocycles. The largest absolute Gasteiger partial charge is 0.378 e. The molecule has 3 rings (SSSR count). The summed E-state index contributed by atoms with van der Waals surface area (Å²) in [6.07, 6.45) is 2.80. The van der Waals surface area contributed by atoms with Crippen molar-refractivity contribution in [1.82, 2.24) is 10.3 Å². The van der Waals surface area contributed by atoms with Crippen LogP contribution in [0.15, 0.2) is 42.6 Å². The molecule has 0 saturated carbocycles. The van der Waals surface area contributed by atoms with E-state index in [1.807, 2.05) is 42.6 Å². The highest BCUT2D eigenvalue weighted by molar-refractivity contribution is 5.94. The maximum atomic E-state index is 12.2. The van der Waals surface area contributed by atoms with Crippen LogP contribution in [0.1, 0.15) is 28.4 Å². The summed E-state index contributed by atoms with van der Waals surface area (Å²) in [4.78, 5) is 18.9. The van der Waals surface area contributed by atoms with Gasteiger partial charge in [-0.3, -0.25) is 4.79 Å². The van der Waals surface area contributed by atoms with Crippen LogP contribution in [0.4, 0.5) is 5.82 Å². The summed E-state index contributed by atoms with van der Waals surface area (Å²) in [5, 5.41) is 2.94. The molecule has 1 saturated heterocycles. The van der Waals surface area contributed by atoms with Crippen LogP contribution in [0.25, 0.3) is 0 Å². The van der Waals surface area contributed by atoms with Crippen LogP contribution in [0.5, 0.6) is 0 Å². The molecule has 2 aromatic rings. The van der Waals surface area contributed by atoms with Crippen LogP contribution in [-0.4, -0.2) is 37.2 Å². The Bertz CT molecular complexity index is 662. The number of aromatic nitrogens is 1. The summed E-state index contributed by atoms with van der Waals surface area (Å²) in [6, 6.07) is 11.7. The van der Waals surface area contributed by atoms with Crippen LogP contribution in [0, 0.1) is 0 Å². The van der Waals surface area contributed by atoms with E-state index in [1.54, 1.807) is 0 Å². The molecule has 5 heteroatoms. The van der Waals surface area contributed by atoms with E-state index in [-0.39, 0.29) is 5.91 Å². The summed E-state index contributed by atoms with van der Waals surface area (Å²) in [7, 11) is 0. The second kappa shape index (κ2) is 7.93. The molecule has 1 N–H and O–H groups in total. The van der Waals surface area contributed by atoms with Crippen molar-refractivity contribution in [2.75, 3.05) is 31.2 Å². The molecule has 0 radical (unpaired) electrons. The van der Waals surface area contributed by atoms with E-state index in [1.165, 1.54) is 5.56 Å². The number of hydrogen-bond donors (Lipinski definition) is 1. The normalized spacial score (nSPS) is 14.5. The fraction of sp³-hybridized carbons (Fsp3) is 0.368. The number of nitrogens with zero attached hydrogens (tertiary/aromatic N) is 2. The van der Waals surface area contributed by atoms with Crippen molar-refractivity contribution in [3.05, 3.63) is 59.3 Å². The highest BCUT2D eigenvalue weighted by atomic mass is 16.5. The van der Waals surface area contributed by atoms with Crippen LogP contribution in [0.3, 0.4) is 0 Å². The number of anilines is 1. The van der Waals surface area contributed by atoms with Crippen LogP contribution in [-0.2, 0) is 17.7 Å². The van der Waals surface area contributed by atoms with Gasteiger partial charge >= 0.3 is 0 Å². The molecule has 1 fully saturated rings. The number of rotatable bonds is 5. The van der Waals surface area contributed by atoms with Gasteiger partial charge in [0, 0.05) is 31.4 Å². The zero-order valence-electron chi connectivity index (χ0n) is 14.0. The lowest BCUT2D eigenvalue weighted by Gasteiger charge is -2.27. The molecule has 1 amide bonds. The number of amides is 1. The molecule has 0 spiro atoms. The first kappa shape index (κ1) is 16.5. The molecular weight excluding hydrogens is 302 g/mol. The van der Waals surface area contributed by atoms with E-state index < -0.39 is 0 Å². The maximum Gasteiger partial charge on any atom is 0.251 e. The topological polar surface area (TPSA) is 54.5 Å². The second-order valence-electron chi connectivity index (χ2n) is 5.86. The Balaban J connectivity index is 1.54. The highest BCUT2D eigenvalue weighted by Crippen LogP contribution is 2.13. The number of carbonyl (C=O) groups is 1. The van der Waals surface area contributed by atoms with Gasteiger partial charge < -0.3 is 15.0 Å². The smallest absolute Gasteiger partial charge is 0.251 e. The lowest BCUT2D eigenvalue weighted by molar-refractivity contribution is 0.0951. The van der Waals surface area contributed by atoms with E-state index in [0.717, 1.165) is 44.1 Å². The van der Waals surface area contributed by atoms with Gasteiger partial charge in [0.1, 0.15) is 5.82 Å². The third kappa shape index (κ3) is 4.11. The molecule has 0 aliphatic carbocycles. The number of aryl methyl sites for hydroxylation is 1. The minimum Gasteiger partial charge on any atom is -0.378 e. The average Bonchev–Trinajstić information content (AvgIpc) is 2.67. The molecule has 1 aliphatic heterocycles. The minimum absolute atomic E-state index is 0.0603. The predicted molar refractivity (Wildman–Crippen MR) is 94.3 cm³/mol. The molecule has 0 bridgehead atoms. The lowest BCUT2D eigenvalue weighted by atomic mass is 10.1. The van der Waals surface area contributed by atoms with Crippen molar-refractivity contribution in [3.63, 3.8) is 0 Å². The van der Waals surface area contributed by atoms with E-state index in [0.29, 0.717) is 12.1 Å². The Morgan fingerprint density at radius 3 is 2.46 bits per heavy atom. The number of morpholine rings is 1. The standard InChI is InChI=1S/C19H23N3O2/c1-2-15-3-6-17(7-4-15)19(23)21-14-16-5-8-18(20-13-16)22-9-11-24-12-10-22/h3-8,13H,2,9-12,14H2,1H3,(H,21,23). The molecule has 1 aliphatic rings. The number of pyridine rings is 1. The average molecular weight is 325 g/mol. The molecule has 2 heterocycles. The van der Waals surface area contributed by atoms with E-state index in [2.05, 4.69) is 22.1 Å². The first-order valence-corrected chi connectivity index (χ1v) is 8.41. The number of hydrogen-bond acceptors (Lipinski definition) is 4. The van der Waals surface area contributed by atoms with Gasteiger partial charge in [-0.25, -0.2) is 4.98 Å². The number of ether oxygens (including phenoxy) is 1. The second-order valence-corrected chi connectivity index (χ2v) is 5.86. The lowest BCUT2D eigenvalue weighted by Crippen LogP contribution is -2.36. The zero-order valence-corrected chi connectivity index (χ0v) is 14.0. The first-order chi connectivity index (χ1) is 11.8. The van der Waals surface area contributed by atoms with Gasteiger partial charge in [-0.05, 0) is 35.7 Å². The summed E-state index contributed by atoms with van der Waals surface area (Å²) >= 11 is 0. The molecule has 126 valence electrons. The van der Waals surface area contributed by atoms with Crippen LogP contribution < -0.4 is 10.2 Å². The van der Waals surface area contributed by atoms with Gasteiger partial charge in [0.15, 0.2) is 0 Å². The minimum atomic E-state index is -0.0603. The Morgan fingerprint density at radius 1 is 1.12 bits per heavy atom. The van der Waals surface area contributed by atoms with Crippen LogP contribution in [0.2, 0.25) is 0 Å². The number of nitrogens with one attached hydrogen (secondary N) is 1. The predicted octanol–water partition coefficient (Wildman–Crippen LogP) is 2.41. The quantitative estimate of drug-likeness (QED) is 0.917. The van der Waals surface area contributed by atoms with Gasteiger partial charge in [0.25, 0.3) is 5.91 Å². The van der Waals surface area contributed by atoms with Gasteiger partial charge in [0.05, 0.1) is 13.2 Å². The first-order valence-electron chi connectivity index (χ1n) is 8.41. The Hall–Kier alpha value is -2.40. The Labute approximate surface area is 142 Å². The van der Waals surface area contributed by atoms with E-state index >= 15 is 0 Å². The van der Waals surface area contributed by atoms with Crippen LogP contribution >= 0.6 is 0 Å². The van der Waals surface area contributed by atoms with Crippen molar-refractivity contribution >= 4 is 11.7 Å². The molecule has 5 nitrogen and oxygen atoms in total. The maximum absolute atomic E-state index is 12.2. The number of carbonyl (C=O) groups excluding carboxylic acids is 1. The number of benzene rings is 1. The Kier molecular flexibility index (Phi) is 5.43. The summed E-state index contributed by atoms with van der Waals surface area (Å²) in [6.45, 7) is 5.81. The third-order valence-corrected chi connectivity index (χ3v) is 4.22.